The zero-order chi connectivity index (χ0) is 15.0. The predicted octanol–water partition coefficient (Wildman–Crippen LogP) is 1.71. The van der Waals surface area contributed by atoms with E-state index in [1.54, 1.807) is 24.3 Å². The van der Waals surface area contributed by atoms with Crippen molar-refractivity contribution in [2.24, 2.45) is 0 Å². The average Bonchev–Trinajstić information content (AvgIpc) is 2.48. The van der Waals surface area contributed by atoms with Crippen LogP contribution in [0, 0.1) is 11.3 Å². The highest BCUT2D eigenvalue weighted by atomic mass is 16.5. The minimum Gasteiger partial charge on any atom is -0.468 e. The molecule has 5 nitrogen and oxygen atoms in total. The van der Waals surface area contributed by atoms with Gasteiger partial charge in [-0.25, -0.2) is 0 Å². The number of hydrogen-bond acceptors (Lipinski definition) is 4. The quantitative estimate of drug-likeness (QED) is 0.740. The molecule has 0 radical (unpaired) electrons. The van der Waals surface area contributed by atoms with Crippen LogP contribution in [-0.2, 0) is 14.3 Å². The van der Waals surface area contributed by atoms with Gasteiger partial charge in [0.2, 0.25) is 5.91 Å². The second-order valence-corrected chi connectivity index (χ2v) is 4.31. The zero-order valence-corrected chi connectivity index (χ0v) is 11.7. The first-order chi connectivity index (χ1) is 9.63. The molecule has 1 aromatic carbocycles. The number of carbonyl (C=O) groups is 2. The van der Waals surface area contributed by atoms with Crippen LogP contribution in [0.2, 0.25) is 0 Å². The van der Waals surface area contributed by atoms with E-state index < -0.39 is 11.9 Å². The largest absolute Gasteiger partial charge is 0.468 e. The molecule has 0 aliphatic heterocycles. The summed E-state index contributed by atoms with van der Waals surface area (Å²) in [5.41, 5.74) is 0.631. The van der Waals surface area contributed by atoms with Crippen LogP contribution >= 0.6 is 0 Å². The fraction of sp³-hybridized carbons (Fsp3) is 0.400. The number of amides is 1. The number of nitriles is 1. The number of benzene rings is 1. The third-order valence-corrected chi connectivity index (χ3v) is 2.86. The zero-order valence-electron chi connectivity index (χ0n) is 11.7. The molecule has 0 heterocycles. The van der Waals surface area contributed by atoms with Gasteiger partial charge in [0, 0.05) is 6.54 Å². The molecule has 0 aliphatic carbocycles. The van der Waals surface area contributed by atoms with Crippen molar-refractivity contribution < 1.29 is 14.3 Å². The monoisotopic (exact) mass is 274 g/mol. The van der Waals surface area contributed by atoms with Crippen LogP contribution in [0.3, 0.4) is 0 Å². The molecule has 0 aliphatic rings. The predicted molar refractivity (Wildman–Crippen MR) is 73.7 cm³/mol. The molecule has 1 rings (SSSR count). The summed E-state index contributed by atoms with van der Waals surface area (Å²) in [6, 6.07) is 10.8. The minimum atomic E-state index is -0.896. The van der Waals surface area contributed by atoms with Gasteiger partial charge in [-0.3, -0.25) is 9.59 Å². The molecule has 1 amide bonds. The van der Waals surface area contributed by atoms with Gasteiger partial charge in [0.1, 0.15) is 12.5 Å². The molecule has 0 fully saturated rings. The van der Waals surface area contributed by atoms with Crippen molar-refractivity contribution >= 4 is 11.9 Å². The number of hydrogen-bond donors (Lipinski definition) is 0. The Morgan fingerprint density at radius 1 is 1.35 bits per heavy atom. The van der Waals surface area contributed by atoms with Gasteiger partial charge in [0.25, 0.3) is 0 Å². The van der Waals surface area contributed by atoms with E-state index in [4.69, 9.17) is 0 Å². The number of rotatable bonds is 6. The summed E-state index contributed by atoms with van der Waals surface area (Å²) in [5.74, 6) is -1.75. The lowest BCUT2D eigenvalue weighted by atomic mass is 9.99. The van der Waals surface area contributed by atoms with E-state index in [1.807, 2.05) is 19.1 Å². The summed E-state index contributed by atoms with van der Waals surface area (Å²) >= 11 is 0. The molecule has 1 atom stereocenters. The van der Waals surface area contributed by atoms with Gasteiger partial charge in [-0.1, -0.05) is 37.3 Å². The second-order valence-electron chi connectivity index (χ2n) is 4.31. The highest BCUT2D eigenvalue weighted by Gasteiger charge is 2.26. The average molecular weight is 274 g/mol. The Labute approximate surface area is 118 Å². The summed E-state index contributed by atoms with van der Waals surface area (Å²) in [5, 5.41) is 9.24. The molecule has 1 unspecified atom stereocenters. The molecular weight excluding hydrogens is 256 g/mol. The molecule has 0 aromatic heterocycles. The summed E-state index contributed by atoms with van der Waals surface area (Å²) in [6.07, 6.45) is 0.704. The smallest absolute Gasteiger partial charge is 0.325 e. The molecule has 0 spiro atoms. The number of methoxy groups -OCH3 is 1. The van der Waals surface area contributed by atoms with E-state index in [0.29, 0.717) is 18.5 Å². The maximum absolute atomic E-state index is 12.4. The Morgan fingerprint density at radius 3 is 2.50 bits per heavy atom. The molecule has 0 N–H and O–H groups in total. The first-order valence-electron chi connectivity index (χ1n) is 6.44. The van der Waals surface area contributed by atoms with Crippen LogP contribution in [0.15, 0.2) is 30.3 Å². The maximum Gasteiger partial charge on any atom is 0.325 e. The van der Waals surface area contributed by atoms with Crippen molar-refractivity contribution in [3.8, 4) is 6.07 Å². The normalized spacial score (nSPS) is 11.2. The van der Waals surface area contributed by atoms with Gasteiger partial charge in [-0.2, -0.15) is 5.26 Å². The van der Waals surface area contributed by atoms with Crippen LogP contribution in [0.1, 0.15) is 24.8 Å². The lowest BCUT2D eigenvalue weighted by Gasteiger charge is -2.23. The van der Waals surface area contributed by atoms with Crippen LogP contribution in [0.25, 0.3) is 0 Å². The minimum absolute atomic E-state index is 0.131. The van der Waals surface area contributed by atoms with Crippen LogP contribution in [0.4, 0.5) is 0 Å². The maximum atomic E-state index is 12.4. The first kappa shape index (κ1) is 15.7. The molecule has 1 aromatic rings. The summed E-state index contributed by atoms with van der Waals surface area (Å²) < 4.78 is 4.58. The first-order valence-corrected chi connectivity index (χ1v) is 6.44. The van der Waals surface area contributed by atoms with Crippen molar-refractivity contribution in [1.29, 1.82) is 5.26 Å². The van der Waals surface area contributed by atoms with Crippen molar-refractivity contribution in [2.45, 2.75) is 19.3 Å². The lowest BCUT2D eigenvalue weighted by Crippen LogP contribution is -2.39. The van der Waals surface area contributed by atoms with Gasteiger partial charge < -0.3 is 9.64 Å². The number of esters is 1. The Kier molecular flexibility index (Phi) is 6.24. The Balaban J connectivity index is 2.92. The molecule has 106 valence electrons. The molecule has 20 heavy (non-hydrogen) atoms. The van der Waals surface area contributed by atoms with E-state index in [2.05, 4.69) is 4.74 Å². The molecular formula is C15H18N2O3. The van der Waals surface area contributed by atoms with Gasteiger partial charge in [-0.15, -0.1) is 0 Å². The summed E-state index contributed by atoms with van der Waals surface area (Å²) in [6.45, 7) is 2.19. The van der Waals surface area contributed by atoms with Crippen LogP contribution in [0.5, 0.6) is 0 Å². The molecule has 5 heteroatoms. The van der Waals surface area contributed by atoms with Gasteiger partial charge in [-0.05, 0) is 12.0 Å². The summed E-state index contributed by atoms with van der Waals surface area (Å²) in [4.78, 5) is 25.1. The van der Waals surface area contributed by atoms with Crippen LogP contribution in [-0.4, -0.2) is 37.0 Å². The SMILES string of the molecule is CCCN(CC(=O)OC)C(=O)C(C#N)c1ccccc1. The number of ether oxygens (including phenoxy) is 1. The van der Waals surface area contributed by atoms with E-state index in [1.165, 1.54) is 12.0 Å². The fourth-order valence-corrected chi connectivity index (χ4v) is 1.86. The Bertz CT molecular complexity index is 494. The van der Waals surface area contributed by atoms with E-state index in [-0.39, 0.29) is 12.5 Å². The third-order valence-electron chi connectivity index (χ3n) is 2.86. The summed E-state index contributed by atoms with van der Waals surface area (Å²) in [7, 11) is 1.27. The highest BCUT2D eigenvalue weighted by molar-refractivity contribution is 5.89. The fourth-order valence-electron chi connectivity index (χ4n) is 1.86. The third kappa shape index (κ3) is 4.09. The topological polar surface area (TPSA) is 70.4 Å². The highest BCUT2D eigenvalue weighted by Crippen LogP contribution is 2.17. The Morgan fingerprint density at radius 2 is 2.00 bits per heavy atom. The van der Waals surface area contributed by atoms with Crippen molar-refractivity contribution in [3.05, 3.63) is 35.9 Å². The number of carbonyl (C=O) groups excluding carboxylic acids is 2. The van der Waals surface area contributed by atoms with E-state index >= 15 is 0 Å². The number of nitrogens with zero attached hydrogens (tertiary/aromatic N) is 2. The molecule has 0 saturated heterocycles. The van der Waals surface area contributed by atoms with E-state index in [0.717, 1.165) is 0 Å². The van der Waals surface area contributed by atoms with Gasteiger partial charge >= 0.3 is 5.97 Å². The van der Waals surface area contributed by atoms with Crippen LogP contribution < -0.4 is 0 Å². The lowest BCUT2D eigenvalue weighted by molar-refractivity contribution is -0.147. The van der Waals surface area contributed by atoms with Gasteiger partial charge in [0.05, 0.1) is 13.2 Å². The van der Waals surface area contributed by atoms with Crippen molar-refractivity contribution in [3.63, 3.8) is 0 Å². The molecule has 0 saturated carbocycles. The van der Waals surface area contributed by atoms with Gasteiger partial charge in [0.15, 0.2) is 0 Å². The van der Waals surface area contributed by atoms with Crippen molar-refractivity contribution in [2.75, 3.05) is 20.2 Å². The Hall–Kier alpha value is -2.35. The molecule has 0 bridgehead atoms. The van der Waals surface area contributed by atoms with E-state index in [9.17, 15) is 14.9 Å². The second kappa shape index (κ2) is 7.95. The van der Waals surface area contributed by atoms with Crippen molar-refractivity contribution in [1.82, 2.24) is 4.90 Å². The standard InChI is InChI=1S/C15H18N2O3/c1-3-9-17(11-14(18)20-2)15(19)13(10-16)12-7-5-4-6-8-12/h4-8,13H,3,9,11H2,1-2H3.